The molecule has 1 aromatic heterocycles. The molecule has 0 unspecified atom stereocenters. The Balaban J connectivity index is 2.92. The number of pyridine rings is 1. The average Bonchev–Trinajstić information content (AvgIpc) is 1.99. The maximum Gasteiger partial charge on any atom is 0.574 e. The van der Waals surface area contributed by atoms with Crippen molar-refractivity contribution in [2.75, 3.05) is 0 Å². The lowest BCUT2D eigenvalue weighted by molar-refractivity contribution is -0.276. The molecule has 7 heteroatoms. The van der Waals surface area contributed by atoms with Crippen molar-refractivity contribution in [3.05, 3.63) is 22.8 Å². The van der Waals surface area contributed by atoms with Crippen LogP contribution in [-0.2, 0) is 6.54 Å². The Morgan fingerprint density at radius 2 is 2.07 bits per heavy atom. The number of alkyl halides is 3. The molecule has 0 saturated carbocycles. The Bertz CT molecular complexity index is 329. The van der Waals surface area contributed by atoms with Crippen molar-refractivity contribution in [2.24, 2.45) is 5.73 Å². The summed E-state index contributed by atoms with van der Waals surface area (Å²) in [5.74, 6) is -0.606. The van der Waals surface area contributed by atoms with Crippen LogP contribution in [-0.4, -0.2) is 11.3 Å². The van der Waals surface area contributed by atoms with Crippen molar-refractivity contribution in [3.63, 3.8) is 0 Å². The number of hydrogen-bond donors (Lipinski definition) is 1. The van der Waals surface area contributed by atoms with Gasteiger partial charge in [-0.3, -0.25) is 0 Å². The molecule has 0 saturated heterocycles. The number of nitrogens with two attached hydrogens (primary N) is 1. The van der Waals surface area contributed by atoms with Crippen LogP contribution >= 0.6 is 11.6 Å². The van der Waals surface area contributed by atoms with E-state index in [4.69, 9.17) is 17.3 Å². The largest absolute Gasteiger partial charge is 0.574 e. The van der Waals surface area contributed by atoms with E-state index in [1.165, 1.54) is 6.07 Å². The minimum atomic E-state index is -4.77. The fourth-order valence-electron chi connectivity index (χ4n) is 0.800. The van der Waals surface area contributed by atoms with Crippen LogP contribution in [0.3, 0.4) is 0 Å². The van der Waals surface area contributed by atoms with Gasteiger partial charge in [0, 0.05) is 17.6 Å². The summed E-state index contributed by atoms with van der Waals surface area (Å²) in [5, 5.41) is 0.0969. The predicted molar refractivity (Wildman–Crippen MR) is 43.8 cm³/mol. The highest BCUT2D eigenvalue weighted by molar-refractivity contribution is 6.30. The van der Waals surface area contributed by atoms with Crippen LogP contribution in [0.4, 0.5) is 13.2 Å². The molecule has 2 N–H and O–H groups in total. The number of hydrogen-bond acceptors (Lipinski definition) is 3. The third kappa shape index (κ3) is 3.39. The third-order valence-electron chi connectivity index (χ3n) is 1.25. The average molecular weight is 227 g/mol. The lowest BCUT2D eigenvalue weighted by Crippen LogP contribution is -2.18. The molecule has 0 spiro atoms. The van der Waals surface area contributed by atoms with Crippen LogP contribution < -0.4 is 10.5 Å². The van der Waals surface area contributed by atoms with E-state index < -0.39 is 12.2 Å². The number of halogens is 4. The number of nitrogens with zero attached hydrogens (tertiary/aromatic N) is 1. The first kappa shape index (κ1) is 11.1. The van der Waals surface area contributed by atoms with Crippen LogP contribution in [0.1, 0.15) is 5.69 Å². The summed E-state index contributed by atoms with van der Waals surface area (Å²) in [6, 6.07) is 2.33. The maximum atomic E-state index is 11.8. The van der Waals surface area contributed by atoms with Gasteiger partial charge in [0.25, 0.3) is 0 Å². The van der Waals surface area contributed by atoms with Crippen molar-refractivity contribution in [1.29, 1.82) is 0 Å². The smallest absolute Gasteiger partial charge is 0.388 e. The van der Waals surface area contributed by atoms with Gasteiger partial charge in [0.05, 0.1) is 5.69 Å². The van der Waals surface area contributed by atoms with E-state index in [2.05, 4.69) is 9.72 Å². The molecule has 0 aliphatic carbocycles. The second-order valence-electron chi connectivity index (χ2n) is 2.37. The lowest BCUT2D eigenvalue weighted by atomic mass is 10.3. The summed E-state index contributed by atoms with van der Waals surface area (Å²) in [4.78, 5) is 3.49. The second kappa shape index (κ2) is 4.02. The molecule has 0 aliphatic heterocycles. The Labute approximate surface area is 82.6 Å². The minimum absolute atomic E-state index is 0.00518. The molecule has 78 valence electrons. The molecule has 3 nitrogen and oxygen atoms in total. The number of aromatic nitrogens is 1. The molecular formula is C7H6ClF3N2O. The minimum Gasteiger partial charge on any atom is -0.388 e. The van der Waals surface area contributed by atoms with Gasteiger partial charge < -0.3 is 10.5 Å². The van der Waals surface area contributed by atoms with Gasteiger partial charge >= 0.3 is 6.36 Å². The van der Waals surface area contributed by atoms with Crippen molar-refractivity contribution in [1.82, 2.24) is 4.98 Å². The summed E-state index contributed by atoms with van der Waals surface area (Å²) < 4.78 is 38.9. The Hall–Kier alpha value is -1.01. The quantitative estimate of drug-likeness (QED) is 0.840. The monoisotopic (exact) mass is 226 g/mol. The van der Waals surface area contributed by atoms with Crippen molar-refractivity contribution < 1.29 is 17.9 Å². The zero-order valence-electron chi connectivity index (χ0n) is 6.81. The normalized spacial score (nSPS) is 11.5. The van der Waals surface area contributed by atoms with Crippen LogP contribution in [0.15, 0.2) is 12.1 Å². The van der Waals surface area contributed by atoms with Gasteiger partial charge in [-0.1, -0.05) is 11.6 Å². The molecule has 1 heterocycles. The molecule has 0 aromatic carbocycles. The predicted octanol–water partition coefficient (Wildman–Crippen LogP) is 2.09. The number of rotatable bonds is 2. The van der Waals surface area contributed by atoms with Gasteiger partial charge in [0.2, 0.25) is 5.88 Å². The molecule has 1 rings (SSSR count). The summed E-state index contributed by atoms with van der Waals surface area (Å²) in [5.41, 5.74) is 5.43. The van der Waals surface area contributed by atoms with E-state index in [0.717, 1.165) is 6.07 Å². The lowest BCUT2D eigenvalue weighted by Gasteiger charge is -2.08. The zero-order chi connectivity index (χ0) is 10.8. The zero-order valence-corrected chi connectivity index (χ0v) is 7.56. The third-order valence-corrected chi connectivity index (χ3v) is 1.47. The summed E-state index contributed by atoms with van der Waals surface area (Å²) in [7, 11) is 0. The summed E-state index contributed by atoms with van der Waals surface area (Å²) in [6.07, 6.45) is -4.77. The molecular weight excluding hydrogens is 221 g/mol. The van der Waals surface area contributed by atoms with Gasteiger partial charge in [-0.2, -0.15) is 0 Å². The van der Waals surface area contributed by atoms with E-state index in [-0.39, 0.29) is 17.3 Å². The van der Waals surface area contributed by atoms with Crippen LogP contribution in [0.5, 0.6) is 5.88 Å². The highest BCUT2D eigenvalue weighted by Gasteiger charge is 2.31. The van der Waals surface area contributed by atoms with E-state index >= 15 is 0 Å². The molecule has 0 bridgehead atoms. The fourth-order valence-corrected chi connectivity index (χ4v) is 1.02. The highest BCUT2D eigenvalue weighted by atomic mass is 35.5. The van der Waals surface area contributed by atoms with Crippen molar-refractivity contribution in [3.8, 4) is 5.88 Å². The van der Waals surface area contributed by atoms with E-state index in [1.54, 1.807) is 0 Å². The van der Waals surface area contributed by atoms with Crippen molar-refractivity contribution in [2.45, 2.75) is 12.9 Å². The maximum absolute atomic E-state index is 11.8. The van der Waals surface area contributed by atoms with Gasteiger partial charge in [-0.25, -0.2) is 4.98 Å². The fraction of sp³-hybridized carbons (Fsp3) is 0.286. The first-order valence-electron chi connectivity index (χ1n) is 3.53. The summed E-state index contributed by atoms with van der Waals surface area (Å²) >= 11 is 5.51. The first-order valence-corrected chi connectivity index (χ1v) is 3.91. The molecule has 0 aliphatic rings. The Kier molecular flexibility index (Phi) is 3.17. The second-order valence-corrected chi connectivity index (χ2v) is 2.80. The van der Waals surface area contributed by atoms with E-state index in [1.807, 2.05) is 0 Å². The van der Waals surface area contributed by atoms with Gasteiger partial charge in [-0.05, 0) is 6.07 Å². The van der Waals surface area contributed by atoms with Gasteiger partial charge in [-0.15, -0.1) is 13.2 Å². The number of ether oxygens (including phenoxy) is 1. The molecule has 0 amide bonds. The molecule has 0 atom stereocenters. The van der Waals surface area contributed by atoms with Gasteiger partial charge in [0.15, 0.2) is 0 Å². The van der Waals surface area contributed by atoms with Crippen molar-refractivity contribution >= 4 is 11.6 Å². The van der Waals surface area contributed by atoms with E-state index in [0.29, 0.717) is 0 Å². The topological polar surface area (TPSA) is 48.1 Å². The molecule has 1 aromatic rings. The van der Waals surface area contributed by atoms with Gasteiger partial charge in [0.1, 0.15) is 0 Å². The molecule has 14 heavy (non-hydrogen) atoms. The SMILES string of the molecule is NCc1cc(Cl)cc(OC(F)(F)F)n1. The molecule has 0 radical (unpaired) electrons. The highest BCUT2D eigenvalue weighted by Crippen LogP contribution is 2.23. The summed E-state index contributed by atoms with van der Waals surface area (Å²) in [6.45, 7) is -0.00518. The van der Waals surface area contributed by atoms with Crippen LogP contribution in [0.2, 0.25) is 5.02 Å². The van der Waals surface area contributed by atoms with Crippen LogP contribution in [0.25, 0.3) is 0 Å². The van der Waals surface area contributed by atoms with Crippen LogP contribution in [0, 0.1) is 0 Å². The first-order chi connectivity index (χ1) is 6.40. The Morgan fingerprint density at radius 1 is 1.43 bits per heavy atom. The standard InChI is InChI=1S/C7H6ClF3N2O/c8-4-1-5(3-12)13-6(2-4)14-7(9,10)11/h1-2H,3,12H2. The van der Waals surface area contributed by atoms with E-state index in [9.17, 15) is 13.2 Å². The Morgan fingerprint density at radius 3 is 2.57 bits per heavy atom. The molecule has 0 fully saturated rings.